The fraction of sp³-hybridized carbons (Fsp3) is 0.615. The first kappa shape index (κ1) is 13.5. The van der Waals surface area contributed by atoms with Gasteiger partial charge in [-0.15, -0.1) is 11.3 Å². The Bertz CT molecular complexity index is 386. The molecule has 0 atom stereocenters. The van der Waals surface area contributed by atoms with Crippen molar-refractivity contribution in [2.24, 2.45) is 5.73 Å². The number of amides is 1. The van der Waals surface area contributed by atoms with E-state index in [0.717, 1.165) is 13.0 Å². The molecular formula is C13H20N2O2S. The third-order valence-corrected chi connectivity index (χ3v) is 4.37. The van der Waals surface area contributed by atoms with Gasteiger partial charge in [-0.3, -0.25) is 4.79 Å². The third-order valence-electron chi connectivity index (χ3n) is 3.43. The highest BCUT2D eigenvalue weighted by molar-refractivity contribution is 7.09. The van der Waals surface area contributed by atoms with Gasteiger partial charge in [-0.1, -0.05) is 6.07 Å². The molecule has 1 aliphatic rings. The Balaban J connectivity index is 1.87. The minimum absolute atomic E-state index is 0.0438. The lowest BCUT2D eigenvalue weighted by Gasteiger charge is -2.35. The molecule has 100 valence electrons. The van der Waals surface area contributed by atoms with E-state index < -0.39 is 5.54 Å². The Hall–Kier alpha value is -0.910. The normalized spacial score (nSPS) is 18.6. The van der Waals surface area contributed by atoms with Crippen LogP contribution in [0.3, 0.4) is 0 Å². The second kappa shape index (κ2) is 5.82. The summed E-state index contributed by atoms with van der Waals surface area (Å²) in [6.45, 7) is 1.89. The molecule has 4 nitrogen and oxygen atoms in total. The van der Waals surface area contributed by atoms with E-state index in [2.05, 4.69) is 11.4 Å². The molecule has 2 heterocycles. The summed E-state index contributed by atoms with van der Waals surface area (Å²) in [7, 11) is 1.83. The lowest BCUT2D eigenvalue weighted by Crippen LogP contribution is -2.57. The number of nitrogens with two attached hydrogens (primary N) is 1. The molecule has 1 amide bonds. The lowest BCUT2D eigenvalue weighted by molar-refractivity contribution is -0.139. The number of thiophene rings is 1. The van der Waals surface area contributed by atoms with Crippen LogP contribution in [-0.4, -0.2) is 43.2 Å². The second-order valence-corrected chi connectivity index (χ2v) is 5.86. The predicted molar refractivity (Wildman–Crippen MR) is 72.6 cm³/mol. The number of hydrogen-bond donors (Lipinski definition) is 1. The quantitative estimate of drug-likeness (QED) is 0.894. The minimum Gasteiger partial charge on any atom is -0.381 e. The number of carbonyl (C=O) groups is 1. The number of hydrogen-bond acceptors (Lipinski definition) is 4. The van der Waals surface area contributed by atoms with Gasteiger partial charge in [0.05, 0.1) is 5.54 Å². The first-order chi connectivity index (χ1) is 8.62. The Kier molecular flexibility index (Phi) is 4.37. The van der Waals surface area contributed by atoms with Crippen LogP contribution in [0.25, 0.3) is 0 Å². The summed E-state index contributed by atoms with van der Waals surface area (Å²) in [4.78, 5) is 15.4. The van der Waals surface area contributed by atoms with Crippen LogP contribution in [0.4, 0.5) is 0 Å². The summed E-state index contributed by atoms with van der Waals surface area (Å²) in [6, 6.07) is 4.13. The minimum atomic E-state index is -0.720. The van der Waals surface area contributed by atoms with Crippen LogP contribution in [0.2, 0.25) is 0 Å². The summed E-state index contributed by atoms with van der Waals surface area (Å²) >= 11 is 1.72. The van der Waals surface area contributed by atoms with Crippen molar-refractivity contribution in [1.82, 2.24) is 4.90 Å². The van der Waals surface area contributed by atoms with Gasteiger partial charge in [-0.2, -0.15) is 0 Å². The van der Waals surface area contributed by atoms with Crippen LogP contribution in [0.1, 0.15) is 17.7 Å². The van der Waals surface area contributed by atoms with E-state index in [-0.39, 0.29) is 5.91 Å². The van der Waals surface area contributed by atoms with Gasteiger partial charge in [0, 0.05) is 31.7 Å². The van der Waals surface area contributed by atoms with Crippen molar-refractivity contribution in [1.29, 1.82) is 0 Å². The Morgan fingerprint density at radius 2 is 2.28 bits per heavy atom. The molecule has 5 heteroatoms. The van der Waals surface area contributed by atoms with Crippen LogP contribution in [0.15, 0.2) is 17.5 Å². The molecule has 1 aromatic heterocycles. The van der Waals surface area contributed by atoms with Crippen molar-refractivity contribution in [2.75, 3.05) is 26.8 Å². The molecule has 0 radical (unpaired) electrons. The average Bonchev–Trinajstić information content (AvgIpc) is 2.89. The average molecular weight is 268 g/mol. The Morgan fingerprint density at radius 1 is 1.56 bits per heavy atom. The topological polar surface area (TPSA) is 55.6 Å². The monoisotopic (exact) mass is 268 g/mol. The first-order valence-corrected chi connectivity index (χ1v) is 7.14. The molecule has 1 fully saturated rings. The second-order valence-electron chi connectivity index (χ2n) is 4.82. The zero-order chi connectivity index (χ0) is 13.0. The smallest absolute Gasteiger partial charge is 0.242 e. The zero-order valence-electron chi connectivity index (χ0n) is 10.7. The SMILES string of the molecule is CN(CCc1cccs1)C(=O)C1(N)CCOCC1. The van der Waals surface area contributed by atoms with Crippen LogP contribution < -0.4 is 5.73 Å². The maximum atomic E-state index is 12.3. The van der Waals surface area contributed by atoms with E-state index in [0.29, 0.717) is 26.1 Å². The van der Waals surface area contributed by atoms with Crippen molar-refractivity contribution >= 4 is 17.2 Å². The number of carbonyl (C=O) groups excluding carboxylic acids is 1. The molecule has 0 aromatic carbocycles. The largest absolute Gasteiger partial charge is 0.381 e. The summed E-state index contributed by atoms with van der Waals surface area (Å²) < 4.78 is 5.26. The molecule has 0 spiro atoms. The van der Waals surface area contributed by atoms with Gasteiger partial charge in [0.15, 0.2) is 0 Å². The van der Waals surface area contributed by atoms with E-state index >= 15 is 0 Å². The first-order valence-electron chi connectivity index (χ1n) is 6.26. The summed E-state index contributed by atoms with van der Waals surface area (Å²) in [5, 5.41) is 2.06. The highest BCUT2D eigenvalue weighted by atomic mass is 32.1. The van der Waals surface area contributed by atoms with E-state index in [1.165, 1.54) is 4.88 Å². The summed E-state index contributed by atoms with van der Waals surface area (Å²) in [5.74, 6) is 0.0438. The van der Waals surface area contributed by atoms with Gasteiger partial charge in [-0.25, -0.2) is 0 Å². The fourth-order valence-electron chi connectivity index (χ4n) is 2.16. The summed E-state index contributed by atoms with van der Waals surface area (Å²) in [5.41, 5.74) is 5.46. The molecule has 2 N–H and O–H groups in total. The summed E-state index contributed by atoms with van der Waals surface area (Å²) in [6.07, 6.45) is 2.14. The van der Waals surface area contributed by atoms with Crippen LogP contribution in [0, 0.1) is 0 Å². The Morgan fingerprint density at radius 3 is 2.89 bits per heavy atom. The number of nitrogens with zero attached hydrogens (tertiary/aromatic N) is 1. The van der Waals surface area contributed by atoms with Crippen molar-refractivity contribution in [3.8, 4) is 0 Å². The predicted octanol–water partition coefficient (Wildman–Crippen LogP) is 1.26. The zero-order valence-corrected chi connectivity index (χ0v) is 11.5. The van der Waals surface area contributed by atoms with Gasteiger partial charge in [0.1, 0.15) is 0 Å². The van der Waals surface area contributed by atoms with Crippen molar-refractivity contribution in [3.05, 3.63) is 22.4 Å². The molecule has 0 bridgehead atoms. The molecule has 0 saturated carbocycles. The highest BCUT2D eigenvalue weighted by Gasteiger charge is 2.37. The molecule has 1 saturated heterocycles. The molecule has 18 heavy (non-hydrogen) atoms. The molecule has 1 aromatic rings. The van der Waals surface area contributed by atoms with E-state index in [4.69, 9.17) is 10.5 Å². The van der Waals surface area contributed by atoms with Crippen molar-refractivity contribution in [2.45, 2.75) is 24.8 Å². The fourth-order valence-corrected chi connectivity index (χ4v) is 2.86. The van der Waals surface area contributed by atoms with Gasteiger partial charge >= 0.3 is 0 Å². The molecule has 1 aliphatic heterocycles. The van der Waals surface area contributed by atoms with Crippen LogP contribution >= 0.6 is 11.3 Å². The van der Waals surface area contributed by atoms with E-state index in [1.54, 1.807) is 16.2 Å². The maximum absolute atomic E-state index is 12.3. The van der Waals surface area contributed by atoms with Gasteiger partial charge in [0.2, 0.25) is 5.91 Å². The molecule has 2 rings (SSSR count). The lowest BCUT2D eigenvalue weighted by atomic mass is 9.90. The molecular weight excluding hydrogens is 248 g/mol. The standard InChI is InChI=1S/C13H20N2O2S/c1-15(7-4-11-3-2-10-18-11)12(16)13(14)5-8-17-9-6-13/h2-3,10H,4-9,14H2,1H3. The van der Waals surface area contributed by atoms with Crippen LogP contribution in [0.5, 0.6) is 0 Å². The van der Waals surface area contributed by atoms with Crippen molar-refractivity contribution in [3.63, 3.8) is 0 Å². The van der Waals surface area contributed by atoms with Gasteiger partial charge in [0.25, 0.3) is 0 Å². The molecule has 0 aliphatic carbocycles. The number of likely N-dealkylation sites (N-methyl/N-ethyl adjacent to an activating group) is 1. The molecule has 0 unspecified atom stereocenters. The van der Waals surface area contributed by atoms with Gasteiger partial charge in [-0.05, 0) is 30.7 Å². The van der Waals surface area contributed by atoms with E-state index in [9.17, 15) is 4.79 Å². The highest BCUT2D eigenvalue weighted by Crippen LogP contribution is 2.20. The Labute approximate surface area is 112 Å². The third kappa shape index (κ3) is 3.10. The number of rotatable bonds is 4. The van der Waals surface area contributed by atoms with Crippen molar-refractivity contribution < 1.29 is 9.53 Å². The van der Waals surface area contributed by atoms with E-state index in [1.807, 2.05) is 13.1 Å². The van der Waals surface area contributed by atoms with Crippen LogP contribution in [-0.2, 0) is 16.0 Å². The van der Waals surface area contributed by atoms with Gasteiger partial charge < -0.3 is 15.4 Å². The maximum Gasteiger partial charge on any atom is 0.242 e. The number of ether oxygens (including phenoxy) is 1.